The highest BCUT2D eigenvalue weighted by Crippen LogP contribution is 2.28. The Labute approximate surface area is 126 Å². The number of halogens is 1. The van der Waals surface area contributed by atoms with Crippen LogP contribution in [0.4, 0.5) is 0 Å². The van der Waals surface area contributed by atoms with E-state index in [1.54, 1.807) is 11.0 Å². The zero-order chi connectivity index (χ0) is 14.9. The van der Waals surface area contributed by atoms with Gasteiger partial charge in [0, 0.05) is 17.1 Å². The third-order valence-corrected chi connectivity index (χ3v) is 4.96. The molecule has 1 saturated heterocycles. The van der Waals surface area contributed by atoms with Gasteiger partial charge < -0.3 is 10.0 Å². The van der Waals surface area contributed by atoms with Crippen LogP contribution in [0.2, 0.25) is 0 Å². The SMILES string of the molecule is Cc1cccc(C(=O)N2CCC(C(=O)O)CC2C)c1Br. The number of amides is 1. The van der Waals surface area contributed by atoms with E-state index >= 15 is 0 Å². The largest absolute Gasteiger partial charge is 0.481 e. The van der Waals surface area contributed by atoms with Crippen molar-refractivity contribution < 1.29 is 14.7 Å². The summed E-state index contributed by atoms with van der Waals surface area (Å²) >= 11 is 3.46. The number of hydrogen-bond donors (Lipinski definition) is 1. The molecule has 1 heterocycles. The highest BCUT2D eigenvalue weighted by molar-refractivity contribution is 9.10. The Morgan fingerprint density at radius 3 is 2.70 bits per heavy atom. The molecule has 0 aromatic heterocycles. The van der Waals surface area contributed by atoms with Crippen molar-refractivity contribution in [1.29, 1.82) is 0 Å². The normalized spacial score (nSPS) is 22.6. The Morgan fingerprint density at radius 2 is 2.10 bits per heavy atom. The molecule has 0 bridgehead atoms. The van der Waals surface area contributed by atoms with Crippen molar-refractivity contribution in [2.24, 2.45) is 5.92 Å². The number of carbonyl (C=O) groups excluding carboxylic acids is 1. The van der Waals surface area contributed by atoms with Crippen LogP contribution in [0.15, 0.2) is 22.7 Å². The van der Waals surface area contributed by atoms with Crippen molar-refractivity contribution in [3.63, 3.8) is 0 Å². The highest BCUT2D eigenvalue weighted by Gasteiger charge is 2.33. The predicted octanol–water partition coefficient (Wildman–Crippen LogP) is 3.08. The number of carboxylic acids is 1. The topological polar surface area (TPSA) is 57.6 Å². The average Bonchev–Trinajstić information content (AvgIpc) is 2.41. The fourth-order valence-corrected chi connectivity index (χ4v) is 3.10. The lowest BCUT2D eigenvalue weighted by molar-refractivity contribution is -0.143. The van der Waals surface area contributed by atoms with Gasteiger partial charge in [-0.1, -0.05) is 12.1 Å². The molecular formula is C15H18BrNO3. The number of carbonyl (C=O) groups is 2. The minimum absolute atomic E-state index is 0.0306. The number of hydrogen-bond acceptors (Lipinski definition) is 2. The molecule has 1 aromatic rings. The number of likely N-dealkylation sites (tertiary alicyclic amines) is 1. The van der Waals surface area contributed by atoms with Crippen LogP contribution in [0.1, 0.15) is 35.7 Å². The molecule has 0 saturated carbocycles. The van der Waals surface area contributed by atoms with Crippen molar-refractivity contribution in [3.8, 4) is 0 Å². The van der Waals surface area contributed by atoms with Gasteiger partial charge in [-0.25, -0.2) is 0 Å². The van der Waals surface area contributed by atoms with Gasteiger partial charge in [0.15, 0.2) is 0 Å². The van der Waals surface area contributed by atoms with Crippen LogP contribution in [-0.2, 0) is 4.79 Å². The quantitative estimate of drug-likeness (QED) is 0.900. The zero-order valence-corrected chi connectivity index (χ0v) is 13.2. The Bertz CT molecular complexity index is 544. The molecule has 20 heavy (non-hydrogen) atoms. The molecule has 2 rings (SSSR count). The van der Waals surface area contributed by atoms with Crippen molar-refractivity contribution in [1.82, 2.24) is 4.90 Å². The van der Waals surface area contributed by atoms with Crippen LogP contribution in [-0.4, -0.2) is 34.5 Å². The lowest BCUT2D eigenvalue weighted by Gasteiger charge is -2.36. The summed E-state index contributed by atoms with van der Waals surface area (Å²) < 4.78 is 0.817. The summed E-state index contributed by atoms with van der Waals surface area (Å²) in [7, 11) is 0. The summed E-state index contributed by atoms with van der Waals surface area (Å²) in [5, 5.41) is 9.07. The molecule has 1 N–H and O–H groups in total. The zero-order valence-electron chi connectivity index (χ0n) is 11.6. The summed E-state index contributed by atoms with van der Waals surface area (Å²) in [5.74, 6) is -1.13. The van der Waals surface area contributed by atoms with Crippen LogP contribution < -0.4 is 0 Å². The van der Waals surface area contributed by atoms with Crippen LogP contribution >= 0.6 is 15.9 Å². The molecule has 4 nitrogen and oxygen atoms in total. The maximum atomic E-state index is 12.6. The van der Waals surface area contributed by atoms with E-state index in [-0.39, 0.29) is 17.9 Å². The molecule has 1 fully saturated rings. The van der Waals surface area contributed by atoms with E-state index in [9.17, 15) is 9.59 Å². The maximum absolute atomic E-state index is 12.6. The Kier molecular flexibility index (Phi) is 4.48. The maximum Gasteiger partial charge on any atom is 0.306 e. The Hall–Kier alpha value is -1.36. The average molecular weight is 340 g/mol. The van der Waals surface area contributed by atoms with Gasteiger partial charge in [0.25, 0.3) is 5.91 Å². The molecule has 0 radical (unpaired) electrons. The van der Waals surface area contributed by atoms with Crippen LogP contribution in [0.5, 0.6) is 0 Å². The first-order valence-electron chi connectivity index (χ1n) is 6.70. The van der Waals surface area contributed by atoms with Crippen LogP contribution in [0.25, 0.3) is 0 Å². The fourth-order valence-electron chi connectivity index (χ4n) is 2.67. The molecule has 1 aliphatic heterocycles. The smallest absolute Gasteiger partial charge is 0.306 e. The van der Waals surface area contributed by atoms with Crippen molar-refractivity contribution in [2.75, 3.05) is 6.54 Å². The van der Waals surface area contributed by atoms with Crippen molar-refractivity contribution >= 4 is 27.8 Å². The van der Waals surface area contributed by atoms with Gasteiger partial charge in [0.2, 0.25) is 0 Å². The summed E-state index contributed by atoms with van der Waals surface area (Å²) in [5.41, 5.74) is 1.66. The molecule has 2 unspecified atom stereocenters. The second-order valence-corrected chi connectivity index (χ2v) is 6.14. The van der Waals surface area contributed by atoms with Crippen LogP contribution in [0, 0.1) is 12.8 Å². The van der Waals surface area contributed by atoms with Gasteiger partial charge in [-0.15, -0.1) is 0 Å². The Morgan fingerprint density at radius 1 is 1.40 bits per heavy atom. The van der Waals surface area contributed by atoms with Gasteiger partial charge in [-0.3, -0.25) is 9.59 Å². The predicted molar refractivity (Wildman–Crippen MR) is 79.7 cm³/mol. The molecule has 1 aromatic carbocycles. The van der Waals surface area contributed by atoms with E-state index in [2.05, 4.69) is 15.9 Å². The number of aryl methyl sites for hydroxylation is 1. The molecule has 2 atom stereocenters. The summed E-state index contributed by atoms with van der Waals surface area (Å²) in [4.78, 5) is 25.4. The number of piperidine rings is 1. The standard InChI is InChI=1S/C15H18BrNO3/c1-9-4-3-5-12(13(9)16)14(18)17-7-6-11(15(19)20)8-10(17)2/h3-5,10-11H,6-8H2,1-2H3,(H,19,20). The van der Waals surface area contributed by atoms with E-state index < -0.39 is 5.97 Å². The van der Waals surface area contributed by atoms with Gasteiger partial charge in [-0.05, 0) is 54.2 Å². The van der Waals surface area contributed by atoms with E-state index in [0.29, 0.717) is 24.9 Å². The van der Waals surface area contributed by atoms with Gasteiger partial charge in [0.05, 0.1) is 11.5 Å². The minimum Gasteiger partial charge on any atom is -0.481 e. The summed E-state index contributed by atoms with van der Waals surface area (Å²) in [6.45, 7) is 4.36. The third-order valence-electron chi connectivity index (χ3n) is 3.91. The number of benzene rings is 1. The number of aliphatic carboxylic acids is 1. The molecule has 108 valence electrons. The fraction of sp³-hybridized carbons (Fsp3) is 0.467. The van der Waals surface area contributed by atoms with Crippen LogP contribution in [0.3, 0.4) is 0 Å². The Balaban J connectivity index is 2.18. The minimum atomic E-state index is -0.763. The highest BCUT2D eigenvalue weighted by atomic mass is 79.9. The van der Waals surface area contributed by atoms with Gasteiger partial charge in [-0.2, -0.15) is 0 Å². The molecular weight excluding hydrogens is 322 g/mol. The first kappa shape index (κ1) is 15.0. The third kappa shape index (κ3) is 2.87. The molecule has 1 amide bonds. The monoisotopic (exact) mass is 339 g/mol. The molecule has 0 spiro atoms. The number of nitrogens with zero attached hydrogens (tertiary/aromatic N) is 1. The van der Waals surface area contributed by atoms with Crippen molar-refractivity contribution in [2.45, 2.75) is 32.7 Å². The van der Waals surface area contributed by atoms with E-state index in [4.69, 9.17) is 5.11 Å². The first-order valence-corrected chi connectivity index (χ1v) is 7.50. The van der Waals surface area contributed by atoms with E-state index in [0.717, 1.165) is 10.0 Å². The van der Waals surface area contributed by atoms with Gasteiger partial charge in [0.1, 0.15) is 0 Å². The summed E-state index contributed by atoms with van der Waals surface area (Å²) in [6, 6.07) is 5.56. The molecule has 5 heteroatoms. The molecule has 0 aliphatic carbocycles. The van der Waals surface area contributed by atoms with E-state index in [1.807, 2.05) is 26.0 Å². The number of rotatable bonds is 2. The van der Waals surface area contributed by atoms with E-state index in [1.165, 1.54) is 0 Å². The first-order chi connectivity index (χ1) is 9.41. The number of carboxylic acid groups (broad SMARTS) is 1. The second kappa shape index (κ2) is 5.95. The van der Waals surface area contributed by atoms with Crippen molar-refractivity contribution in [3.05, 3.63) is 33.8 Å². The second-order valence-electron chi connectivity index (χ2n) is 5.34. The van der Waals surface area contributed by atoms with Gasteiger partial charge >= 0.3 is 5.97 Å². The molecule has 1 aliphatic rings. The summed E-state index contributed by atoms with van der Waals surface area (Å²) in [6.07, 6.45) is 1.04. The lowest BCUT2D eigenvalue weighted by Crippen LogP contribution is -2.46. The lowest BCUT2D eigenvalue weighted by atomic mass is 9.91.